The number of nitrogens with one attached hydrogen (secondary N) is 1. The number of aromatic nitrogens is 3. The first kappa shape index (κ1) is 17.9. The average Bonchev–Trinajstić information content (AvgIpc) is 3.18. The number of piperazine rings is 1. The largest absolute Gasteiger partial charge is 0.354 e. The first-order chi connectivity index (χ1) is 13.3. The third-order valence-electron chi connectivity index (χ3n) is 4.63. The Hall–Kier alpha value is -2.51. The first-order valence-corrected chi connectivity index (χ1v) is 10.2. The van der Waals surface area contributed by atoms with Gasteiger partial charge < -0.3 is 10.2 Å². The quantitative estimate of drug-likeness (QED) is 0.708. The molecule has 3 heterocycles. The Bertz CT molecular complexity index is 858. The van der Waals surface area contributed by atoms with Gasteiger partial charge in [0.1, 0.15) is 10.8 Å². The minimum Gasteiger partial charge on any atom is -0.354 e. The van der Waals surface area contributed by atoms with Crippen molar-refractivity contribution >= 4 is 23.1 Å². The monoisotopic (exact) mass is 380 g/mol. The number of anilines is 2. The number of benzene rings is 1. The molecule has 0 radical (unpaired) electrons. The smallest absolute Gasteiger partial charge is 0.224 e. The molecule has 1 aliphatic rings. The van der Waals surface area contributed by atoms with Gasteiger partial charge in [-0.25, -0.2) is 9.97 Å². The minimum absolute atomic E-state index is 0.702. The SMILES string of the molecule is CCNc1nccc(N2CCN(Cc3csc(-c4ccccc4)n3)CC2)n1. The second-order valence-corrected chi connectivity index (χ2v) is 7.40. The lowest BCUT2D eigenvalue weighted by Crippen LogP contribution is -2.46. The van der Waals surface area contributed by atoms with Crippen LogP contribution in [0.25, 0.3) is 10.6 Å². The number of nitrogens with zero attached hydrogens (tertiary/aromatic N) is 5. The molecule has 3 aromatic rings. The molecule has 2 aromatic heterocycles. The molecule has 7 heteroatoms. The van der Waals surface area contributed by atoms with E-state index >= 15 is 0 Å². The van der Waals surface area contributed by atoms with Gasteiger partial charge in [0.05, 0.1) is 5.69 Å². The zero-order valence-corrected chi connectivity index (χ0v) is 16.3. The number of hydrogen-bond donors (Lipinski definition) is 1. The maximum Gasteiger partial charge on any atom is 0.224 e. The molecule has 0 bridgehead atoms. The second-order valence-electron chi connectivity index (χ2n) is 6.54. The number of rotatable bonds is 6. The van der Waals surface area contributed by atoms with Crippen LogP contribution in [0.2, 0.25) is 0 Å². The van der Waals surface area contributed by atoms with Crippen LogP contribution >= 0.6 is 11.3 Å². The molecular weight excluding hydrogens is 356 g/mol. The Morgan fingerprint density at radius 1 is 1.04 bits per heavy atom. The van der Waals surface area contributed by atoms with E-state index in [0.717, 1.165) is 55.8 Å². The van der Waals surface area contributed by atoms with E-state index in [2.05, 4.69) is 61.7 Å². The molecule has 0 spiro atoms. The molecule has 27 heavy (non-hydrogen) atoms. The zero-order chi connectivity index (χ0) is 18.5. The molecule has 0 saturated carbocycles. The zero-order valence-electron chi connectivity index (χ0n) is 15.5. The van der Waals surface area contributed by atoms with Gasteiger partial charge in [0.25, 0.3) is 0 Å². The fraction of sp³-hybridized carbons (Fsp3) is 0.350. The highest BCUT2D eigenvalue weighted by Gasteiger charge is 2.19. The molecule has 4 rings (SSSR count). The maximum atomic E-state index is 4.82. The third-order valence-corrected chi connectivity index (χ3v) is 5.57. The van der Waals surface area contributed by atoms with Crippen molar-refractivity contribution in [2.24, 2.45) is 0 Å². The van der Waals surface area contributed by atoms with Crippen LogP contribution in [-0.4, -0.2) is 52.6 Å². The molecule has 1 aromatic carbocycles. The van der Waals surface area contributed by atoms with Crippen LogP contribution in [-0.2, 0) is 6.54 Å². The summed E-state index contributed by atoms with van der Waals surface area (Å²) in [5.74, 6) is 1.70. The Labute approximate surface area is 163 Å². The lowest BCUT2D eigenvalue weighted by Gasteiger charge is -2.35. The number of hydrogen-bond acceptors (Lipinski definition) is 7. The van der Waals surface area contributed by atoms with E-state index in [-0.39, 0.29) is 0 Å². The lowest BCUT2D eigenvalue weighted by atomic mass is 10.2. The van der Waals surface area contributed by atoms with Crippen LogP contribution in [0, 0.1) is 0 Å². The van der Waals surface area contributed by atoms with E-state index in [0.29, 0.717) is 5.95 Å². The predicted molar refractivity (Wildman–Crippen MR) is 111 cm³/mol. The molecular formula is C20H24N6S. The summed E-state index contributed by atoms with van der Waals surface area (Å²) in [6, 6.07) is 12.4. The van der Waals surface area contributed by atoms with Crippen molar-refractivity contribution in [3.8, 4) is 10.6 Å². The molecule has 0 atom stereocenters. The van der Waals surface area contributed by atoms with Crippen LogP contribution in [0.1, 0.15) is 12.6 Å². The molecule has 6 nitrogen and oxygen atoms in total. The van der Waals surface area contributed by atoms with Gasteiger partial charge in [-0.05, 0) is 13.0 Å². The fourth-order valence-corrected chi connectivity index (χ4v) is 4.04. The van der Waals surface area contributed by atoms with Gasteiger partial charge >= 0.3 is 0 Å². The van der Waals surface area contributed by atoms with Gasteiger partial charge in [-0.2, -0.15) is 4.98 Å². The van der Waals surface area contributed by atoms with E-state index in [1.807, 2.05) is 18.3 Å². The van der Waals surface area contributed by atoms with Crippen LogP contribution < -0.4 is 10.2 Å². The number of thiazole rings is 1. The summed E-state index contributed by atoms with van der Waals surface area (Å²) in [5, 5.41) is 6.46. The van der Waals surface area contributed by atoms with Crippen molar-refractivity contribution in [1.29, 1.82) is 0 Å². The normalized spacial score (nSPS) is 15.1. The van der Waals surface area contributed by atoms with Gasteiger partial charge in [0.2, 0.25) is 5.95 Å². The third kappa shape index (κ3) is 4.43. The Balaban J connectivity index is 1.33. The topological polar surface area (TPSA) is 57.2 Å². The molecule has 0 unspecified atom stereocenters. The van der Waals surface area contributed by atoms with Gasteiger partial charge in [-0.1, -0.05) is 30.3 Å². The van der Waals surface area contributed by atoms with Gasteiger partial charge in [0, 0.05) is 56.4 Å². The van der Waals surface area contributed by atoms with Crippen molar-refractivity contribution < 1.29 is 0 Å². The van der Waals surface area contributed by atoms with Crippen LogP contribution in [0.15, 0.2) is 48.0 Å². The van der Waals surface area contributed by atoms with Gasteiger partial charge in [-0.15, -0.1) is 11.3 Å². The summed E-state index contributed by atoms with van der Waals surface area (Å²) < 4.78 is 0. The molecule has 1 N–H and O–H groups in total. The van der Waals surface area contributed by atoms with Gasteiger partial charge in [0.15, 0.2) is 0 Å². The van der Waals surface area contributed by atoms with Crippen LogP contribution in [0.5, 0.6) is 0 Å². The van der Waals surface area contributed by atoms with E-state index < -0.39 is 0 Å². The fourth-order valence-electron chi connectivity index (χ4n) is 3.23. The minimum atomic E-state index is 0.702. The highest BCUT2D eigenvalue weighted by Crippen LogP contribution is 2.24. The summed E-state index contributed by atoms with van der Waals surface area (Å²) in [4.78, 5) is 18.5. The molecule has 1 saturated heterocycles. The molecule has 140 valence electrons. The highest BCUT2D eigenvalue weighted by atomic mass is 32.1. The molecule has 0 aliphatic carbocycles. The Kier molecular flexibility index (Phi) is 5.60. The lowest BCUT2D eigenvalue weighted by molar-refractivity contribution is 0.247. The van der Waals surface area contributed by atoms with Crippen LogP contribution in [0.4, 0.5) is 11.8 Å². The van der Waals surface area contributed by atoms with Crippen molar-refractivity contribution in [1.82, 2.24) is 19.9 Å². The van der Waals surface area contributed by atoms with Crippen molar-refractivity contribution in [3.63, 3.8) is 0 Å². The maximum absolute atomic E-state index is 4.82. The molecule has 0 amide bonds. The molecule has 1 aliphatic heterocycles. The summed E-state index contributed by atoms with van der Waals surface area (Å²) >= 11 is 1.72. The van der Waals surface area contributed by atoms with Gasteiger partial charge in [-0.3, -0.25) is 4.90 Å². The summed E-state index contributed by atoms with van der Waals surface area (Å²) in [6.45, 7) is 7.75. The Morgan fingerprint density at radius 3 is 2.63 bits per heavy atom. The van der Waals surface area contributed by atoms with Crippen LogP contribution in [0.3, 0.4) is 0 Å². The second kappa shape index (κ2) is 8.45. The summed E-state index contributed by atoms with van der Waals surface area (Å²) in [7, 11) is 0. The first-order valence-electron chi connectivity index (χ1n) is 9.36. The Morgan fingerprint density at radius 2 is 1.85 bits per heavy atom. The van der Waals surface area contributed by atoms with E-state index in [4.69, 9.17) is 4.98 Å². The van der Waals surface area contributed by atoms with E-state index in [9.17, 15) is 0 Å². The van der Waals surface area contributed by atoms with Crippen molar-refractivity contribution in [2.75, 3.05) is 42.9 Å². The van der Waals surface area contributed by atoms with E-state index in [1.54, 1.807) is 11.3 Å². The standard InChI is InChI=1S/C20H24N6S/c1-2-21-20-22-9-8-18(24-20)26-12-10-25(11-13-26)14-17-15-27-19(23-17)16-6-4-3-5-7-16/h3-9,15H,2,10-14H2,1H3,(H,21,22,24). The highest BCUT2D eigenvalue weighted by molar-refractivity contribution is 7.13. The predicted octanol–water partition coefficient (Wildman–Crippen LogP) is 3.35. The van der Waals surface area contributed by atoms with Crippen molar-refractivity contribution in [3.05, 3.63) is 53.7 Å². The molecule has 1 fully saturated rings. The summed E-state index contributed by atoms with van der Waals surface area (Å²) in [6.07, 6.45) is 1.83. The summed E-state index contributed by atoms with van der Waals surface area (Å²) in [5.41, 5.74) is 2.35. The van der Waals surface area contributed by atoms with Crippen molar-refractivity contribution in [2.45, 2.75) is 13.5 Å². The van der Waals surface area contributed by atoms with E-state index in [1.165, 1.54) is 5.56 Å². The average molecular weight is 381 g/mol.